The molecular weight excluding hydrogens is 412 g/mol. The number of hydrogen-bond acceptors (Lipinski definition) is 7. The van der Waals surface area contributed by atoms with E-state index in [2.05, 4.69) is 20.4 Å². The second-order valence-electron chi connectivity index (χ2n) is 6.89. The fourth-order valence-corrected chi connectivity index (χ4v) is 3.36. The third kappa shape index (κ3) is 3.87. The van der Waals surface area contributed by atoms with Crippen molar-refractivity contribution in [3.8, 4) is 39.8 Å². The zero-order valence-corrected chi connectivity index (χ0v) is 18.1. The lowest BCUT2D eigenvalue weighted by Gasteiger charge is -2.13. The summed E-state index contributed by atoms with van der Waals surface area (Å²) in [5.41, 5.74) is 3.30. The molecule has 0 saturated carbocycles. The molecule has 0 radical (unpaired) electrons. The second kappa shape index (κ2) is 8.84. The minimum Gasteiger partial charge on any atom is -0.493 e. The van der Waals surface area contributed by atoms with Crippen LogP contribution in [-0.2, 0) is 0 Å². The van der Waals surface area contributed by atoms with E-state index in [0.29, 0.717) is 34.2 Å². The lowest BCUT2D eigenvalue weighted by Crippen LogP contribution is -1.97. The molecular formula is C23H22N4O5. The van der Waals surface area contributed by atoms with Gasteiger partial charge in [-0.3, -0.25) is 15.0 Å². The topological polar surface area (TPSA) is 114 Å². The van der Waals surface area contributed by atoms with Crippen molar-refractivity contribution in [3.05, 3.63) is 64.6 Å². The summed E-state index contributed by atoms with van der Waals surface area (Å²) in [4.78, 5) is 12.4. The number of rotatable bonds is 7. The molecule has 9 heteroatoms. The summed E-state index contributed by atoms with van der Waals surface area (Å²) in [5, 5.41) is 13.9. The summed E-state index contributed by atoms with van der Waals surface area (Å²) in [6.07, 6.45) is 1.62. The molecule has 0 atom stereocenters. The highest BCUT2D eigenvalue weighted by atomic mass is 16.5. The molecule has 2 N–H and O–H groups in total. The van der Waals surface area contributed by atoms with Crippen LogP contribution >= 0.6 is 0 Å². The lowest BCUT2D eigenvalue weighted by molar-refractivity contribution is 0.324. The maximum atomic E-state index is 12.4. The fourth-order valence-electron chi connectivity index (χ4n) is 3.36. The molecule has 2 aromatic heterocycles. The summed E-state index contributed by atoms with van der Waals surface area (Å²) in [6, 6.07) is 12.8. The molecule has 0 fully saturated rings. The first-order chi connectivity index (χ1) is 15.5. The molecule has 0 spiro atoms. The Kier molecular flexibility index (Phi) is 5.80. The highest BCUT2D eigenvalue weighted by Gasteiger charge is 2.18. The minimum atomic E-state index is -0.407. The molecule has 2 aromatic carbocycles. The molecule has 164 valence electrons. The van der Waals surface area contributed by atoms with Crippen LogP contribution in [0, 0.1) is 6.92 Å². The number of nitrogens with one attached hydrogen (secondary N) is 2. The normalized spacial score (nSPS) is 11.1. The molecule has 4 rings (SSSR count). The molecule has 2 heterocycles. The summed E-state index contributed by atoms with van der Waals surface area (Å²) >= 11 is 0. The molecule has 4 aromatic rings. The summed E-state index contributed by atoms with van der Waals surface area (Å²) in [5.74, 6) is 2.09. The van der Waals surface area contributed by atoms with Crippen molar-refractivity contribution < 1.29 is 18.6 Å². The monoisotopic (exact) mass is 434 g/mol. The number of aryl methyl sites for hydroxylation is 1. The fraction of sp³-hybridized carbons (Fsp3) is 0.174. The minimum absolute atomic E-state index is 0.124. The smallest absolute Gasteiger partial charge is 0.292 e. The van der Waals surface area contributed by atoms with Crippen molar-refractivity contribution in [1.82, 2.24) is 10.2 Å². The first-order valence-electron chi connectivity index (χ1n) is 9.73. The van der Waals surface area contributed by atoms with Crippen LogP contribution in [-0.4, -0.2) is 31.5 Å². The van der Waals surface area contributed by atoms with Crippen LogP contribution in [0.25, 0.3) is 22.6 Å². The highest BCUT2D eigenvalue weighted by molar-refractivity contribution is 5.76. The average molecular weight is 434 g/mol. The number of nitrogens with zero attached hydrogens (tertiary/aromatic N) is 2. The zero-order valence-electron chi connectivity index (χ0n) is 18.1. The van der Waals surface area contributed by atoms with Crippen molar-refractivity contribution in [1.29, 1.82) is 0 Å². The van der Waals surface area contributed by atoms with Crippen LogP contribution in [0.5, 0.6) is 17.2 Å². The first-order valence-corrected chi connectivity index (χ1v) is 9.73. The van der Waals surface area contributed by atoms with Crippen LogP contribution in [0.3, 0.4) is 0 Å². The second-order valence-corrected chi connectivity index (χ2v) is 6.89. The van der Waals surface area contributed by atoms with Crippen LogP contribution in [0.4, 0.5) is 11.4 Å². The van der Waals surface area contributed by atoms with Gasteiger partial charge in [0.25, 0.3) is 5.56 Å². The molecule has 0 aliphatic carbocycles. The van der Waals surface area contributed by atoms with Gasteiger partial charge in [0.15, 0.2) is 17.2 Å². The quantitative estimate of drug-likeness (QED) is 0.379. The van der Waals surface area contributed by atoms with Crippen molar-refractivity contribution >= 4 is 11.4 Å². The number of ether oxygens (including phenoxy) is 3. The first kappa shape index (κ1) is 21.0. The van der Waals surface area contributed by atoms with Gasteiger partial charge in [0.1, 0.15) is 5.76 Å². The number of benzene rings is 2. The van der Waals surface area contributed by atoms with E-state index in [0.717, 1.165) is 16.9 Å². The van der Waals surface area contributed by atoms with Gasteiger partial charge in [-0.2, -0.15) is 5.11 Å². The lowest BCUT2D eigenvalue weighted by atomic mass is 10.1. The standard InChI is InChI=1S/C23H22N4O5/c1-13-7-8-15(12-16(13)17-6-5-9-32-17)24-26-21-20(25-27-23(21)28)14-10-18(29-2)22(31-4)19(11-14)30-3/h5-12H,1-4H3,(H2,25,27,28). The Morgan fingerprint density at radius 3 is 2.28 bits per heavy atom. The Morgan fingerprint density at radius 2 is 1.66 bits per heavy atom. The van der Waals surface area contributed by atoms with Crippen molar-refractivity contribution in [3.63, 3.8) is 0 Å². The SMILES string of the molecule is COc1cc(-c2[nH][nH]c(=O)c2N=Nc2ccc(C)c(-c3ccco3)c2)cc(OC)c1OC. The van der Waals surface area contributed by atoms with Crippen LogP contribution in [0.2, 0.25) is 0 Å². The number of aromatic nitrogens is 2. The van der Waals surface area contributed by atoms with Crippen LogP contribution in [0.15, 0.2) is 68.2 Å². The van der Waals surface area contributed by atoms with E-state index in [9.17, 15) is 4.79 Å². The predicted octanol–water partition coefficient (Wildman–Crippen LogP) is 5.38. The molecule has 32 heavy (non-hydrogen) atoms. The van der Waals surface area contributed by atoms with Gasteiger partial charge >= 0.3 is 0 Å². The van der Waals surface area contributed by atoms with E-state index in [4.69, 9.17) is 18.6 Å². The van der Waals surface area contributed by atoms with E-state index in [-0.39, 0.29) is 5.69 Å². The van der Waals surface area contributed by atoms with Gasteiger partial charge in [-0.05, 0) is 48.9 Å². The van der Waals surface area contributed by atoms with Gasteiger partial charge in [0.2, 0.25) is 5.75 Å². The summed E-state index contributed by atoms with van der Waals surface area (Å²) in [7, 11) is 4.57. The van der Waals surface area contributed by atoms with Gasteiger partial charge in [-0.25, -0.2) is 0 Å². The Morgan fingerprint density at radius 1 is 0.906 bits per heavy atom. The predicted molar refractivity (Wildman–Crippen MR) is 120 cm³/mol. The van der Waals surface area contributed by atoms with Gasteiger partial charge in [-0.1, -0.05) is 6.07 Å². The Balaban J connectivity index is 1.74. The molecule has 0 amide bonds. The highest BCUT2D eigenvalue weighted by Crippen LogP contribution is 2.42. The number of aromatic amines is 2. The van der Waals surface area contributed by atoms with E-state index < -0.39 is 5.56 Å². The molecule has 9 nitrogen and oxygen atoms in total. The number of hydrogen-bond donors (Lipinski definition) is 2. The van der Waals surface area contributed by atoms with Crippen LogP contribution < -0.4 is 19.8 Å². The van der Waals surface area contributed by atoms with Crippen molar-refractivity contribution in [2.75, 3.05) is 21.3 Å². The molecule has 0 unspecified atom stereocenters. The Bertz CT molecular complexity index is 1290. The summed E-state index contributed by atoms with van der Waals surface area (Å²) in [6.45, 7) is 1.98. The van der Waals surface area contributed by atoms with Crippen molar-refractivity contribution in [2.45, 2.75) is 6.92 Å². The number of furan rings is 1. The Hall–Kier alpha value is -4.27. The molecule has 0 saturated heterocycles. The van der Waals surface area contributed by atoms with E-state index >= 15 is 0 Å². The van der Waals surface area contributed by atoms with Crippen LogP contribution in [0.1, 0.15) is 5.56 Å². The zero-order chi connectivity index (χ0) is 22.7. The summed E-state index contributed by atoms with van der Waals surface area (Å²) < 4.78 is 21.7. The van der Waals surface area contributed by atoms with Gasteiger partial charge < -0.3 is 18.6 Å². The van der Waals surface area contributed by atoms with E-state index in [1.165, 1.54) is 21.3 Å². The van der Waals surface area contributed by atoms with E-state index in [1.54, 1.807) is 18.4 Å². The van der Waals surface area contributed by atoms with Gasteiger partial charge in [0.05, 0.1) is 39.0 Å². The van der Waals surface area contributed by atoms with Crippen molar-refractivity contribution in [2.24, 2.45) is 10.2 Å². The maximum absolute atomic E-state index is 12.4. The Labute approximate surface area is 183 Å². The van der Waals surface area contributed by atoms with Gasteiger partial charge in [0, 0.05) is 11.1 Å². The maximum Gasteiger partial charge on any atom is 0.292 e. The number of H-pyrrole nitrogens is 2. The molecule has 0 bridgehead atoms. The average Bonchev–Trinajstić information content (AvgIpc) is 3.47. The number of azo groups is 1. The van der Waals surface area contributed by atoms with Gasteiger partial charge in [-0.15, -0.1) is 5.11 Å². The van der Waals surface area contributed by atoms with E-state index in [1.807, 2.05) is 37.3 Å². The largest absolute Gasteiger partial charge is 0.493 e. The third-order valence-electron chi connectivity index (χ3n) is 4.98. The molecule has 0 aliphatic heterocycles. The number of methoxy groups -OCH3 is 3. The molecule has 0 aliphatic rings. The third-order valence-corrected chi connectivity index (χ3v) is 4.98.